The summed E-state index contributed by atoms with van der Waals surface area (Å²) in [4.78, 5) is 18.4. The van der Waals surface area contributed by atoms with E-state index in [1.807, 2.05) is 6.07 Å². The number of aliphatic imine (C=N–C) groups is 1. The van der Waals surface area contributed by atoms with Crippen LogP contribution in [0.4, 0.5) is 16.0 Å². The lowest BCUT2D eigenvalue weighted by atomic mass is 9.80. The Morgan fingerprint density at radius 2 is 1.89 bits per heavy atom. The summed E-state index contributed by atoms with van der Waals surface area (Å²) in [5.41, 5.74) is 4.58. The molecule has 2 aliphatic heterocycles. The number of nitrogens with one attached hydrogen (secondary N) is 1. The number of ether oxygens (including phenoxy) is 1. The van der Waals surface area contributed by atoms with Gasteiger partial charge in [0.2, 0.25) is 0 Å². The second-order valence-corrected chi connectivity index (χ2v) is 10.1. The van der Waals surface area contributed by atoms with E-state index in [9.17, 15) is 4.39 Å². The van der Waals surface area contributed by atoms with Crippen molar-refractivity contribution < 1.29 is 9.13 Å². The Morgan fingerprint density at radius 3 is 2.66 bits per heavy atom. The van der Waals surface area contributed by atoms with Crippen LogP contribution in [0.1, 0.15) is 37.3 Å². The summed E-state index contributed by atoms with van der Waals surface area (Å²) in [6.45, 7) is 6.42. The van der Waals surface area contributed by atoms with Gasteiger partial charge in [-0.15, -0.1) is 0 Å². The van der Waals surface area contributed by atoms with Crippen molar-refractivity contribution in [3.05, 3.63) is 52.4 Å². The van der Waals surface area contributed by atoms with Crippen molar-refractivity contribution in [2.24, 2.45) is 10.9 Å². The Hall–Kier alpha value is -3.26. The number of allylic oxidation sites excluding steroid dienone is 1. The summed E-state index contributed by atoms with van der Waals surface area (Å²) in [5.74, 6) is 2.59. The van der Waals surface area contributed by atoms with Crippen LogP contribution in [-0.2, 0) is 6.42 Å². The molecule has 0 atom stereocenters. The highest BCUT2D eigenvalue weighted by Crippen LogP contribution is 2.35. The Kier molecular flexibility index (Phi) is 5.76. The molecule has 6 rings (SSSR count). The Labute approximate surface area is 205 Å². The molecule has 182 valence electrons. The molecule has 2 aliphatic carbocycles. The first kappa shape index (κ1) is 22.2. The fourth-order valence-corrected chi connectivity index (χ4v) is 5.09. The van der Waals surface area contributed by atoms with Gasteiger partial charge in [-0.1, -0.05) is 18.1 Å². The summed E-state index contributed by atoms with van der Waals surface area (Å²) in [6.07, 6.45) is 8.82. The molecule has 4 aliphatic rings. The third-order valence-electron chi connectivity index (χ3n) is 7.43. The molecular formula is C27H31FN6O. The summed E-state index contributed by atoms with van der Waals surface area (Å²) >= 11 is 0. The molecule has 2 aromatic rings. The maximum absolute atomic E-state index is 14.9. The average molecular weight is 475 g/mol. The maximum Gasteiger partial charge on any atom is 0.326 e. The van der Waals surface area contributed by atoms with Gasteiger partial charge in [-0.2, -0.15) is 9.97 Å². The number of halogens is 1. The zero-order valence-corrected chi connectivity index (χ0v) is 20.4. The molecule has 3 heterocycles. The van der Waals surface area contributed by atoms with Crippen molar-refractivity contribution in [2.45, 2.75) is 32.6 Å². The van der Waals surface area contributed by atoms with E-state index in [4.69, 9.17) is 4.74 Å². The fourth-order valence-electron chi connectivity index (χ4n) is 5.09. The van der Waals surface area contributed by atoms with Crippen molar-refractivity contribution >= 4 is 23.5 Å². The third kappa shape index (κ3) is 4.67. The largest absolute Gasteiger partial charge is 0.421 e. The highest BCUT2D eigenvalue weighted by Gasteiger charge is 2.25. The third-order valence-corrected chi connectivity index (χ3v) is 7.43. The first-order valence-electron chi connectivity index (χ1n) is 12.5. The van der Waals surface area contributed by atoms with Gasteiger partial charge in [0.25, 0.3) is 0 Å². The number of anilines is 2. The van der Waals surface area contributed by atoms with E-state index in [-0.39, 0.29) is 11.8 Å². The van der Waals surface area contributed by atoms with Gasteiger partial charge in [-0.25, -0.2) is 4.39 Å². The number of aromatic nitrogens is 2. The SMILES string of the molecule is CC1=Cc2cc(Oc3nc(NC4=NCC(C5CCC5)=C4)cc(N4CCN(C)CC4)n3)c(F)cc2C1. The number of piperazine rings is 1. The van der Waals surface area contributed by atoms with Crippen LogP contribution in [0.3, 0.4) is 0 Å². The first-order valence-corrected chi connectivity index (χ1v) is 12.5. The predicted molar refractivity (Wildman–Crippen MR) is 137 cm³/mol. The Morgan fingerprint density at radius 1 is 1.06 bits per heavy atom. The monoisotopic (exact) mass is 474 g/mol. The van der Waals surface area contributed by atoms with Gasteiger partial charge in [0, 0.05) is 32.2 Å². The summed E-state index contributed by atoms with van der Waals surface area (Å²) < 4.78 is 20.8. The molecule has 1 saturated heterocycles. The normalized spacial score (nSPS) is 20.2. The van der Waals surface area contributed by atoms with Gasteiger partial charge in [-0.05, 0) is 74.1 Å². The van der Waals surface area contributed by atoms with E-state index in [2.05, 4.69) is 56.2 Å². The molecule has 1 aromatic carbocycles. The number of benzene rings is 1. The molecule has 0 amide bonds. The van der Waals surface area contributed by atoms with Crippen LogP contribution >= 0.6 is 0 Å². The molecule has 0 spiro atoms. The zero-order valence-electron chi connectivity index (χ0n) is 20.4. The second-order valence-electron chi connectivity index (χ2n) is 10.1. The molecule has 0 unspecified atom stereocenters. The number of hydrogen-bond donors (Lipinski definition) is 1. The molecule has 0 radical (unpaired) electrons. The smallest absolute Gasteiger partial charge is 0.326 e. The maximum atomic E-state index is 14.9. The van der Waals surface area contributed by atoms with Crippen molar-refractivity contribution in [1.82, 2.24) is 14.9 Å². The molecule has 1 saturated carbocycles. The topological polar surface area (TPSA) is 65.9 Å². The second kappa shape index (κ2) is 9.07. The zero-order chi connectivity index (χ0) is 23.9. The van der Waals surface area contributed by atoms with E-state index in [1.165, 1.54) is 30.4 Å². The van der Waals surface area contributed by atoms with Crippen LogP contribution in [0, 0.1) is 11.7 Å². The van der Waals surface area contributed by atoms with Gasteiger partial charge in [0.1, 0.15) is 17.5 Å². The van der Waals surface area contributed by atoms with Crippen LogP contribution < -0.4 is 15.0 Å². The van der Waals surface area contributed by atoms with Gasteiger partial charge in [0.15, 0.2) is 11.6 Å². The van der Waals surface area contributed by atoms with E-state index in [0.717, 1.165) is 61.9 Å². The van der Waals surface area contributed by atoms with Crippen molar-refractivity contribution in [3.8, 4) is 11.8 Å². The van der Waals surface area contributed by atoms with Crippen LogP contribution in [0.5, 0.6) is 11.8 Å². The lowest BCUT2D eigenvalue weighted by Gasteiger charge is -2.33. The van der Waals surface area contributed by atoms with Crippen molar-refractivity contribution in [1.29, 1.82) is 0 Å². The summed E-state index contributed by atoms with van der Waals surface area (Å²) in [5, 5.41) is 3.35. The summed E-state index contributed by atoms with van der Waals surface area (Å²) in [6, 6.07) is 5.36. The van der Waals surface area contributed by atoms with Gasteiger partial charge in [0.05, 0.1) is 6.54 Å². The average Bonchev–Trinajstić information content (AvgIpc) is 3.38. The van der Waals surface area contributed by atoms with Gasteiger partial charge < -0.3 is 19.9 Å². The van der Waals surface area contributed by atoms with E-state index in [0.29, 0.717) is 11.7 Å². The van der Waals surface area contributed by atoms with Gasteiger partial charge in [-0.3, -0.25) is 4.99 Å². The highest BCUT2D eigenvalue weighted by atomic mass is 19.1. The first-order chi connectivity index (χ1) is 17.0. The van der Waals surface area contributed by atoms with Crippen LogP contribution in [-0.4, -0.2) is 60.5 Å². The predicted octanol–water partition coefficient (Wildman–Crippen LogP) is 4.67. The molecular weight excluding hydrogens is 443 g/mol. The van der Waals surface area contributed by atoms with Crippen LogP contribution in [0.25, 0.3) is 6.08 Å². The number of rotatable bonds is 5. The fraction of sp³-hybridized carbons (Fsp3) is 0.444. The summed E-state index contributed by atoms with van der Waals surface area (Å²) in [7, 11) is 2.12. The molecule has 1 N–H and O–H groups in total. The number of likely N-dealkylation sites (N-methyl/N-ethyl adjacent to an activating group) is 1. The minimum absolute atomic E-state index is 0.128. The standard InChI is InChI=1S/C27H31FN6O/c1-17-10-19-12-22(28)23(13-20(19)11-17)35-27-31-25(15-26(32-27)34-8-6-33(2)7-9-34)30-24-14-21(16-29-24)18-4-3-5-18/h11-15,18H,3-10,16H2,1-2H3,(H,29,30,31,32). The van der Waals surface area contributed by atoms with Crippen molar-refractivity contribution in [2.75, 3.05) is 50.0 Å². The molecule has 7 nitrogen and oxygen atoms in total. The number of amidine groups is 1. The lowest BCUT2D eigenvalue weighted by molar-refractivity contribution is 0.311. The minimum atomic E-state index is -0.400. The van der Waals surface area contributed by atoms with E-state index >= 15 is 0 Å². The molecule has 35 heavy (non-hydrogen) atoms. The van der Waals surface area contributed by atoms with Gasteiger partial charge >= 0.3 is 6.01 Å². The quantitative estimate of drug-likeness (QED) is 0.680. The number of fused-ring (bicyclic) bond motifs is 1. The highest BCUT2D eigenvalue weighted by molar-refractivity contribution is 6.05. The molecule has 2 fully saturated rings. The number of nitrogens with zero attached hydrogens (tertiary/aromatic N) is 5. The Bertz CT molecular complexity index is 1240. The molecule has 8 heteroatoms. The van der Waals surface area contributed by atoms with Crippen LogP contribution in [0.2, 0.25) is 0 Å². The lowest BCUT2D eigenvalue weighted by Crippen LogP contribution is -2.44. The molecule has 0 bridgehead atoms. The van der Waals surface area contributed by atoms with E-state index < -0.39 is 5.82 Å². The minimum Gasteiger partial charge on any atom is -0.421 e. The van der Waals surface area contributed by atoms with E-state index in [1.54, 1.807) is 12.1 Å². The van der Waals surface area contributed by atoms with Crippen LogP contribution in [0.15, 0.2) is 40.4 Å². The molecule has 1 aromatic heterocycles. The number of hydrogen-bond acceptors (Lipinski definition) is 7. The Balaban J connectivity index is 1.28. The van der Waals surface area contributed by atoms with Crippen molar-refractivity contribution in [3.63, 3.8) is 0 Å².